The van der Waals surface area contributed by atoms with Gasteiger partial charge in [0, 0.05) is 11.1 Å². The lowest BCUT2D eigenvalue weighted by Gasteiger charge is -2.24. The molecule has 1 aromatic heterocycles. The minimum absolute atomic E-state index is 0.0356. The van der Waals surface area contributed by atoms with Crippen LogP contribution in [0.25, 0.3) is 5.76 Å². The highest BCUT2D eigenvalue weighted by Gasteiger charge is 2.49. The van der Waals surface area contributed by atoms with Crippen LogP contribution >= 0.6 is 11.3 Å². The molecular formula is C28H28N2O7S. The number of aromatic nitrogens is 1. The molecule has 1 amide bonds. The third-order valence-electron chi connectivity index (χ3n) is 5.83. The van der Waals surface area contributed by atoms with Gasteiger partial charge in [0.15, 0.2) is 5.13 Å². The average Bonchev–Trinajstić information content (AvgIpc) is 3.40. The van der Waals surface area contributed by atoms with Crippen molar-refractivity contribution in [3.63, 3.8) is 0 Å². The van der Waals surface area contributed by atoms with Crippen molar-refractivity contribution < 1.29 is 33.7 Å². The van der Waals surface area contributed by atoms with E-state index in [4.69, 9.17) is 14.2 Å². The summed E-state index contributed by atoms with van der Waals surface area (Å²) in [5.41, 5.74) is 1.05. The van der Waals surface area contributed by atoms with Crippen molar-refractivity contribution in [2.75, 3.05) is 18.6 Å². The highest BCUT2D eigenvalue weighted by atomic mass is 32.1. The lowest BCUT2D eigenvalue weighted by molar-refractivity contribution is -0.132. The van der Waals surface area contributed by atoms with Gasteiger partial charge in [-0.2, -0.15) is 0 Å². The molecule has 0 bridgehead atoms. The Labute approximate surface area is 224 Å². The fourth-order valence-electron chi connectivity index (χ4n) is 4.21. The first-order chi connectivity index (χ1) is 18.2. The number of carbonyl (C=O) groups excluding carboxylic acids is 3. The number of anilines is 1. The molecule has 2 heterocycles. The maximum Gasteiger partial charge on any atom is 0.350 e. The lowest BCUT2D eigenvalue weighted by Crippen LogP contribution is -2.29. The Bertz CT molecular complexity index is 1410. The fourth-order valence-corrected chi connectivity index (χ4v) is 5.19. The largest absolute Gasteiger partial charge is 0.507 e. The van der Waals surface area contributed by atoms with Crippen LogP contribution in [0.3, 0.4) is 0 Å². The van der Waals surface area contributed by atoms with Gasteiger partial charge >= 0.3 is 11.9 Å². The molecule has 1 fully saturated rings. The number of hydrogen-bond acceptors (Lipinski definition) is 9. The molecule has 1 saturated heterocycles. The fraction of sp³-hybridized carbons (Fsp3) is 0.286. The summed E-state index contributed by atoms with van der Waals surface area (Å²) in [4.78, 5) is 45.2. The molecular weight excluding hydrogens is 508 g/mol. The zero-order valence-electron chi connectivity index (χ0n) is 21.7. The Morgan fingerprint density at radius 1 is 1.13 bits per heavy atom. The second kappa shape index (κ2) is 11.1. The van der Waals surface area contributed by atoms with Crippen LogP contribution < -0.4 is 14.4 Å². The zero-order chi connectivity index (χ0) is 27.6. The van der Waals surface area contributed by atoms with Crippen molar-refractivity contribution in [2.45, 2.75) is 39.8 Å². The van der Waals surface area contributed by atoms with Crippen LogP contribution in [0.4, 0.5) is 5.13 Å². The summed E-state index contributed by atoms with van der Waals surface area (Å²) in [5, 5.41) is 11.5. The molecule has 1 atom stereocenters. The van der Waals surface area contributed by atoms with Crippen LogP contribution in [-0.4, -0.2) is 47.6 Å². The van der Waals surface area contributed by atoms with Crippen LogP contribution in [-0.2, 0) is 14.3 Å². The molecule has 3 aromatic rings. The van der Waals surface area contributed by atoms with Crippen LogP contribution in [0.2, 0.25) is 0 Å². The van der Waals surface area contributed by atoms with Gasteiger partial charge < -0.3 is 19.3 Å². The third-order valence-corrected chi connectivity index (χ3v) is 6.97. The van der Waals surface area contributed by atoms with E-state index in [0.717, 1.165) is 11.3 Å². The smallest absolute Gasteiger partial charge is 0.350 e. The van der Waals surface area contributed by atoms with Crippen LogP contribution in [0.1, 0.15) is 53.3 Å². The van der Waals surface area contributed by atoms with Crippen molar-refractivity contribution in [1.29, 1.82) is 0 Å². The molecule has 1 aliphatic heterocycles. The normalized spacial score (nSPS) is 16.7. The molecule has 0 aliphatic carbocycles. The molecule has 10 heteroatoms. The first kappa shape index (κ1) is 26.9. The van der Waals surface area contributed by atoms with E-state index >= 15 is 0 Å². The number of rotatable bonds is 8. The van der Waals surface area contributed by atoms with Crippen molar-refractivity contribution in [3.05, 3.63) is 75.8 Å². The predicted molar refractivity (Wildman–Crippen MR) is 143 cm³/mol. The van der Waals surface area contributed by atoms with Gasteiger partial charge in [0.05, 0.1) is 31.1 Å². The predicted octanol–water partition coefficient (Wildman–Crippen LogP) is 5.05. The quantitative estimate of drug-likeness (QED) is 0.184. The van der Waals surface area contributed by atoms with Gasteiger partial charge in [-0.25, -0.2) is 9.78 Å². The van der Waals surface area contributed by atoms with Crippen LogP contribution in [0, 0.1) is 6.92 Å². The summed E-state index contributed by atoms with van der Waals surface area (Å²) in [7, 11) is 1.48. The van der Waals surface area contributed by atoms with E-state index in [9.17, 15) is 19.5 Å². The lowest BCUT2D eigenvalue weighted by atomic mass is 9.94. The summed E-state index contributed by atoms with van der Waals surface area (Å²) in [6.45, 7) is 7.30. The number of hydrogen-bond donors (Lipinski definition) is 1. The van der Waals surface area contributed by atoms with E-state index in [1.807, 2.05) is 13.8 Å². The van der Waals surface area contributed by atoms with Crippen LogP contribution in [0.15, 0.2) is 54.1 Å². The summed E-state index contributed by atoms with van der Waals surface area (Å²) in [6.07, 6.45) is -0.0356. The number of amides is 1. The summed E-state index contributed by atoms with van der Waals surface area (Å²) in [6, 6.07) is 12.4. The summed E-state index contributed by atoms with van der Waals surface area (Å²) in [5.74, 6) is -1.67. The van der Waals surface area contributed by atoms with Gasteiger partial charge in [0.2, 0.25) is 0 Å². The Hall–Kier alpha value is -4.18. The van der Waals surface area contributed by atoms with E-state index in [0.29, 0.717) is 28.3 Å². The summed E-state index contributed by atoms with van der Waals surface area (Å²) < 4.78 is 16.3. The number of para-hydroxylation sites is 1. The number of ketones is 1. The Kier molecular flexibility index (Phi) is 7.82. The van der Waals surface area contributed by atoms with Crippen molar-refractivity contribution in [2.24, 2.45) is 0 Å². The van der Waals surface area contributed by atoms with E-state index in [1.165, 1.54) is 12.0 Å². The number of aliphatic hydroxyl groups is 1. The highest BCUT2D eigenvalue weighted by molar-refractivity contribution is 7.17. The number of methoxy groups -OCH3 is 1. The Balaban J connectivity index is 1.89. The molecule has 1 N–H and O–H groups in total. The number of nitrogens with zero attached hydrogens (tertiary/aromatic N) is 2. The van der Waals surface area contributed by atoms with Gasteiger partial charge in [-0.05, 0) is 58.0 Å². The van der Waals surface area contributed by atoms with Crippen molar-refractivity contribution in [3.8, 4) is 11.5 Å². The maximum atomic E-state index is 13.4. The van der Waals surface area contributed by atoms with Gasteiger partial charge in [0.25, 0.3) is 5.78 Å². The number of carbonyl (C=O) groups is 3. The van der Waals surface area contributed by atoms with E-state index in [1.54, 1.807) is 62.4 Å². The summed E-state index contributed by atoms with van der Waals surface area (Å²) >= 11 is 0.945. The number of aliphatic hydroxyl groups excluding tert-OH is 1. The molecule has 0 radical (unpaired) electrons. The number of thiazole rings is 1. The second-order valence-corrected chi connectivity index (χ2v) is 9.71. The maximum absolute atomic E-state index is 13.4. The highest BCUT2D eigenvalue weighted by Crippen LogP contribution is 2.46. The number of benzene rings is 2. The minimum atomic E-state index is -1.06. The topological polar surface area (TPSA) is 115 Å². The Morgan fingerprint density at radius 2 is 1.82 bits per heavy atom. The number of aryl methyl sites for hydroxylation is 1. The second-order valence-electron chi connectivity index (χ2n) is 8.73. The third kappa shape index (κ3) is 4.99. The van der Waals surface area contributed by atoms with Gasteiger partial charge in [-0.15, -0.1) is 0 Å². The van der Waals surface area contributed by atoms with Gasteiger partial charge in [-0.3, -0.25) is 14.5 Å². The number of esters is 1. The van der Waals surface area contributed by atoms with Gasteiger partial charge in [0.1, 0.15) is 28.2 Å². The SMILES string of the molecule is CCOC(=O)c1sc(N2C(=O)C(=O)/C(=C(/O)c3ccc(OC(C)C)cc3)C2c2ccccc2OC)nc1C. The number of ether oxygens (including phenoxy) is 3. The Morgan fingerprint density at radius 3 is 2.45 bits per heavy atom. The molecule has 1 aliphatic rings. The molecule has 0 spiro atoms. The zero-order valence-corrected chi connectivity index (χ0v) is 22.5. The standard InChI is InChI=1S/C28H28N2O7S/c1-6-36-27(34)25-16(4)29-28(38-25)30-22(19-9-7-8-10-20(19)35-5)21(24(32)26(30)33)23(31)17-11-13-18(14-12-17)37-15(2)3/h7-15,22,31H,6H2,1-5H3/b23-21+. The molecule has 2 aromatic carbocycles. The average molecular weight is 537 g/mol. The molecule has 9 nitrogen and oxygen atoms in total. The van der Waals surface area contributed by atoms with E-state index in [-0.39, 0.29) is 34.1 Å². The molecule has 38 heavy (non-hydrogen) atoms. The molecule has 4 rings (SSSR count). The van der Waals surface area contributed by atoms with Crippen molar-refractivity contribution >= 4 is 39.9 Å². The van der Waals surface area contributed by atoms with Crippen LogP contribution in [0.5, 0.6) is 11.5 Å². The molecule has 0 saturated carbocycles. The van der Waals surface area contributed by atoms with E-state index in [2.05, 4.69) is 4.98 Å². The van der Waals surface area contributed by atoms with Crippen molar-refractivity contribution in [1.82, 2.24) is 4.98 Å². The van der Waals surface area contributed by atoms with Gasteiger partial charge in [-0.1, -0.05) is 29.5 Å². The monoisotopic (exact) mass is 536 g/mol. The first-order valence-corrected chi connectivity index (χ1v) is 12.8. The molecule has 1 unspecified atom stereocenters. The minimum Gasteiger partial charge on any atom is -0.507 e. The van der Waals surface area contributed by atoms with E-state index < -0.39 is 23.7 Å². The number of Topliss-reactive ketones (excluding diaryl/α,β-unsaturated/α-hetero) is 1. The molecule has 198 valence electrons. The first-order valence-electron chi connectivity index (χ1n) is 12.0.